The monoisotopic (exact) mass is 335 g/mol. The van der Waals surface area contributed by atoms with E-state index in [1.807, 2.05) is 45.9 Å². The van der Waals surface area contributed by atoms with Crippen LogP contribution < -0.4 is 4.74 Å². The molecule has 1 saturated heterocycles. The number of likely N-dealkylation sites (tertiary alicyclic amines) is 1. The number of hydrogen-bond acceptors (Lipinski definition) is 4. The number of ether oxygens (including phenoxy) is 2. The van der Waals surface area contributed by atoms with Gasteiger partial charge < -0.3 is 19.5 Å². The zero-order valence-electron chi connectivity index (χ0n) is 15.3. The van der Waals surface area contributed by atoms with Crippen molar-refractivity contribution in [2.75, 3.05) is 13.7 Å². The Kier molecular flexibility index (Phi) is 5.75. The van der Waals surface area contributed by atoms with Gasteiger partial charge in [-0.05, 0) is 64.2 Å². The zero-order chi connectivity index (χ0) is 17.9. The number of carbonyl (C=O) groups excluding carboxylic acids is 1. The van der Waals surface area contributed by atoms with Crippen LogP contribution in [0.15, 0.2) is 18.2 Å². The van der Waals surface area contributed by atoms with Gasteiger partial charge in [-0.25, -0.2) is 4.79 Å². The Morgan fingerprint density at radius 1 is 1.33 bits per heavy atom. The highest BCUT2D eigenvalue weighted by molar-refractivity contribution is 5.69. The van der Waals surface area contributed by atoms with Gasteiger partial charge in [-0.1, -0.05) is 12.1 Å². The van der Waals surface area contributed by atoms with Crippen molar-refractivity contribution in [3.8, 4) is 5.75 Å². The number of aryl methyl sites for hydroxylation is 1. The summed E-state index contributed by atoms with van der Waals surface area (Å²) in [7, 11) is 1.62. The molecule has 134 valence electrons. The molecule has 1 heterocycles. The minimum absolute atomic E-state index is 0.277. The number of piperidine rings is 1. The predicted octanol–water partition coefficient (Wildman–Crippen LogP) is 3.83. The first kappa shape index (κ1) is 18.6. The SMILES string of the molecule is COc1cc(C(O)C2CCCCN2C(=O)OC(C)(C)C)ccc1C. The highest BCUT2D eigenvalue weighted by Crippen LogP contribution is 2.32. The average molecular weight is 335 g/mol. The Morgan fingerprint density at radius 2 is 2.04 bits per heavy atom. The fourth-order valence-corrected chi connectivity index (χ4v) is 3.08. The van der Waals surface area contributed by atoms with Crippen molar-refractivity contribution in [3.05, 3.63) is 29.3 Å². The maximum absolute atomic E-state index is 12.5. The smallest absolute Gasteiger partial charge is 0.410 e. The van der Waals surface area contributed by atoms with Crippen LogP contribution in [0.4, 0.5) is 4.79 Å². The lowest BCUT2D eigenvalue weighted by Gasteiger charge is -2.39. The molecule has 0 spiro atoms. The van der Waals surface area contributed by atoms with Gasteiger partial charge >= 0.3 is 6.09 Å². The number of benzene rings is 1. The molecule has 2 unspecified atom stereocenters. The van der Waals surface area contributed by atoms with E-state index in [2.05, 4.69) is 0 Å². The number of methoxy groups -OCH3 is 1. The minimum atomic E-state index is -0.757. The molecule has 1 aromatic rings. The molecule has 0 aliphatic carbocycles. The van der Waals surface area contributed by atoms with Gasteiger partial charge in [0, 0.05) is 6.54 Å². The molecule has 0 radical (unpaired) electrons. The van der Waals surface area contributed by atoms with Gasteiger partial charge in [0.25, 0.3) is 0 Å². The molecular formula is C19H29NO4. The van der Waals surface area contributed by atoms with Gasteiger partial charge in [0.2, 0.25) is 0 Å². The Morgan fingerprint density at radius 3 is 2.67 bits per heavy atom. The van der Waals surface area contributed by atoms with Gasteiger partial charge in [0.05, 0.1) is 19.3 Å². The second kappa shape index (κ2) is 7.43. The fourth-order valence-electron chi connectivity index (χ4n) is 3.08. The van der Waals surface area contributed by atoms with E-state index in [1.165, 1.54) is 0 Å². The summed E-state index contributed by atoms with van der Waals surface area (Å²) < 4.78 is 10.9. The summed E-state index contributed by atoms with van der Waals surface area (Å²) in [6.45, 7) is 8.13. The number of rotatable bonds is 3. The van der Waals surface area contributed by atoms with Crippen LogP contribution in [0.2, 0.25) is 0 Å². The second-order valence-electron chi connectivity index (χ2n) is 7.41. The first-order valence-electron chi connectivity index (χ1n) is 8.55. The molecule has 24 heavy (non-hydrogen) atoms. The molecule has 1 aliphatic heterocycles. The van der Waals surface area contributed by atoms with Crippen molar-refractivity contribution in [2.24, 2.45) is 0 Å². The lowest BCUT2D eigenvalue weighted by molar-refractivity contribution is -0.0169. The molecule has 1 N–H and O–H groups in total. The maximum atomic E-state index is 12.5. The standard InChI is InChI=1S/C19H29NO4/c1-13-9-10-14(12-16(13)23-5)17(21)15-8-6-7-11-20(15)18(22)24-19(2,3)4/h9-10,12,15,17,21H,6-8,11H2,1-5H3. The molecule has 2 rings (SSSR count). The minimum Gasteiger partial charge on any atom is -0.496 e. The van der Waals surface area contributed by atoms with Crippen LogP contribution in [0.1, 0.15) is 57.3 Å². The summed E-state index contributed by atoms with van der Waals surface area (Å²) in [5, 5.41) is 10.9. The number of aliphatic hydroxyl groups excluding tert-OH is 1. The maximum Gasteiger partial charge on any atom is 0.410 e. The van der Waals surface area contributed by atoms with E-state index in [4.69, 9.17) is 9.47 Å². The number of carbonyl (C=O) groups is 1. The lowest BCUT2D eigenvalue weighted by atomic mass is 9.92. The summed E-state index contributed by atoms with van der Waals surface area (Å²) in [6, 6.07) is 5.39. The molecule has 1 amide bonds. The van der Waals surface area contributed by atoms with Crippen LogP contribution >= 0.6 is 0 Å². The fraction of sp³-hybridized carbons (Fsp3) is 0.632. The first-order valence-corrected chi connectivity index (χ1v) is 8.55. The summed E-state index contributed by atoms with van der Waals surface area (Å²) >= 11 is 0. The van der Waals surface area contributed by atoms with Crippen LogP contribution in [-0.2, 0) is 4.74 Å². The van der Waals surface area contributed by atoms with E-state index in [0.29, 0.717) is 6.54 Å². The van der Waals surface area contributed by atoms with Gasteiger partial charge in [-0.2, -0.15) is 0 Å². The molecular weight excluding hydrogens is 306 g/mol. The average Bonchev–Trinajstić information content (AvgIpc) is 2.53. The summed E-state index contributed by atoms with van der Waals surface area (Å²) in [4.78, 5) is 14.2. The lowest BCUT2D eigenvalue weighted by Crippen LogP contribution is -2.48. The molecule has 0 aromatic heterocycles. The highest BCUT2D eigenvalue weighted by atomic mass is 16.6. The van der Waals surface area contributed by atoms with Gasteiger partial charge in [0.1, 0.15) is 11.4 Å². The van der Waals surface area contributed by atoms with Crippen molar-refractivity contribution in [2.45, 2.75) is 64.7 Å². The van der Waals surface area contributed by atoms with Crippen LogP contribution in [0, 0.1) is 6.92 Å². The van der Waals surface area contributed by atoms with Crippen LogP contribution in [-0.4, -0.2) is 41.4 Å². The molecule has 0 bridgehead atoms. The van der Waals surface area contributed by atoms with Crippen molar-refractivity contribution >= 4 is 6.09 Å². The Bertz CT molecular complexity index is 579. The van der Waals surface area contributed by atoms with E-state index >= 15 is 0 Å². The molecule has 1 aromatic carbocycles. The third kappa shape index (κ3) is 4.41. The third-order valence-electron chi connectivity index (χ3n) is 4.32. The highest BCUT2D eigenvalue weighted by Gasteiger charge is 2.35. The molecule has 0 saturated carbocycles. The van der Waals surface area contributed by atoms with E-state index in [9.17, 15) is 9.90 Å². The first-order chi connectivity index (χ1) is 11.2. The predicted molar refractivity (Wildman–Crippen MR) is 93.3 cm³/mol. The quantitative estimate of drug-likeness (QED) is 0.912. The second-order valence-corrected chi connectivity index (χ2v) is 7.41. The Labute approximate surface area is 144 Å². The van der Waals surface area contributed by atoms with Crippen molar-refractivity contribution in [1.29, 1.82) is 0 Å². The van der Waals surface area contributed by atoms with Crippen LogP contribution in [0.3, 0.4) is 0 Å². The third-order valence-corrected chi connectivity index (χ3v) is 4.32. The summed E-state index contributed by atoms with van der Waals surface area (Å²) in [5.74, 6) is 0.742. The van der Waals surface area contributed by atoms with Gasteiger partial charge in [-0.15, -0.1) is 0 Å². The summed E-state index contributed by atoms with van der Waals surface area (Å²) in [6.07, 6.45) is 1.57. The van der Waals surface area contributed by atoms with Crippen LogP contribution in [0.25, 0.3) is 0 Å². The molecule has 1 fully saturated rings. The van der Waals surface area contributed by atoms with Gasteiger partial charge in [-0.3, -0.25) is 0 Å². The van der Waals surface area contributed by atoms with Crippen molar-refractivity contribution in [1.82, 2.24) is 4.90 Å². The number of amides is 1. The van der Waals surface area contributed by atoms with E-state index in [1.54, 1.807) is 12.0 Å². The normalized spacial score (nSPS) is 19.8. The number of nitrogens with zero attached hydrogens (tertiary/aromatic N) is 1. The van der Waals surface area contributed by atoms with Crippen LogP contribution in [0.5, 0.6) is 5.75 Å². The van der Waals surface area contributed by atoms with Crippen molar-refractivity contribution < 1.29 is 19.4 Å². The Balaban J connectivity index is 2.21. The molecule has 5 heteroatoms. The van der Waals surface area contributed by atoms with E-state index < -0.39 is 11.7 Å². The largest absolute Gasteiger partial charge is 0.496 e. The zero-order valence-corrected chi connectivity index (χ0v) is 15.3. The topological polar surface area (TPSA) is 59.0 Å². The molecule has 5 nitrogen and oxygen atoms in total. The van der Waals surface area contributed by atoms with E-state index in [0.717, 1.165) is 36.1 Å². The molecule has 2 atom stereocenters. The number of hydrogen-bond donors (Lipinski definition) is 1. The van der Waals surface area contributed by atoms with Crippen molar-refractivity contribution in [3.63, 3.8) is 0 Å². The van der Waals surface area contributed by atoms with Gasteiger partial charge in [0.15, 0.2) is 0 Å². The van der Waals surface area contributed by atoms with E-state index in [-0.39, 0.29) is 12.1 Å². The number of aliphatic hydroxyl groups is 1. The Hall–Kier alpha value is -1.75. The summed E-state index contributed by atoms with van der Waals surface area (Å²) in [5.41, 5.74) is 1.23. The molecule has 1 aliphatic rings.